The third-order valence-corrected chi connectivity index (χ3v) is 1.99. The molecule has 0 atom stereocenters. The predicted molar refractivity (Wildman–Crippen MR) is 52.3 cm³/mol. The minimum absolute atomic E-state index is 0.0116. The molecule has 0 radical (unpaired) electrons. The summed E-state index contributed by atoms with van der Waals surface area (Å²) in [5.74, 6) is -0.975. The highest BCUT2D eigenvalue weighted by Gasteiger charge is 2.16. The summed E-state index contributed by atoms with van der Waals surface area (Å²) in [4.78, 5) is 11.3. The Morgan fingerprint density at radius 2 is 2.29 bits per heavy atom. The van der Waals surface area contributed by atoms with Crippen molar-refractivity contribution in [2.45, 2.75) is 0 Å². The van der Waals surface area contributed by atoms with Crippen molar-refractivity contribution in [3.05, 3.63) is 23.3 Å². The number of carbonyl (C=O) groups is 1. The van der Waals surface area contributed by atoms with E-state index in [0.29, 0.717) is 0 Å². The maximum Gasteiger partial charge on any atom is 0.181 e. The van der Waals surface area contributed by atoms with Crippen LogP contribution in [-0.2, 0) is 0 Å². The van der Waals surface area contributed by atoms with Gasteiger partial charge in [-0.15, -0.1) is 11.6 Å². The fraction of sp³-hybridized carbons (Fsp3) is 0.111. The van der Waals surface area contributed by atoms with Gasteiger partial charge in [0.25, 0.3) is 0 Å². The zero-order valence-corrected chi connectivity index (χ0v) is 7.88. The Morgan fingerprint density at radius 1 is 1.64 bits per heavy atom. The average Bonchev–Trinajstić information content (AvgIpc) is 2.20. The Morgan fingerprint density at radius 3 is 2.79 bits per heavy atom. The number of carbonyl (C=O) groups excluding carboxylic acids is 1. The molecular formula is C9H7ClN2O2. The van der Waals surface area contributed by atoms with Crippen molar-refractivity contribution in [3.8, 4) is 11.8 Å². The van der Waals surface area contributed by atoms with Gasteiger partial charge >= 0.3 is 0 Å². The third kappa shape index (κ3) is 1.63. The van der Waals surface area contributed by atoms with E-state index in [1.165, 1.54) is 12.1 Å². The zero-order valence-electron chi connectivity index (χ0n) is 7.12. The van der Waals surface area contributed by atoms with Crippen LogP contribution >= 0.6 is 11.6 Å². The van der Waals surface area contributed by atoms with Crippen molar-refractivity contribution in [2.24, 2.45) is 0 Å². The predicted octanol–water partition coefficient (Wildman–Crippen LogP) is 1.27. The summed E-state index contributed by atoms with van der Waals surface area (Å²) in [5.41, 5.74) is 5.46. The second-order valence-electron chi connectivity index (χ2n) is 2.59. The number of ketones is 1. The topological polar surface area (TPSA) is 87.1 Å². The van der Waals surface area contributed by atoms with Crippen molar-refractivity contribution in [3.63, 3.8) is 0 Å². The molecule has 0 amide bonds. The Kier molecular flexibility index (Phi) is 2.95. The first-order valence-electron chi connectivity index (χ1n) is 3.72. The normalized spacial score (nSPS) is 9.43. The van der Waals surface area contributed by atoms with Gasteiger partial charge in [0, 0.05) is 0 Å². The van der Waals surface area contributed by atoms with Crippen LogP contribution < -0.4 is 5.73 Å². The van der Waals surface area contributed by atoms with Crippen LogP contribution in [0.3, 0.4) is 0 Å². The van der Waals surface area contributed by atoms with E-state index >= 15 is 0 Å². The van der Waals surface area contributed by atoms with E-state index in [2.05, 4.69) is 0 Å². The molecule has 0 unspecified atom stereocenters. The van der Waals surface area contributed by atoms with Gasteiger partial charge in [0.15, 0.2) is 5.78 Å². The Balaban J connectivity index is 3.45. The molecule has 0 aliphatic rings. The van der Waals surface area contributed by atoms with Crippen LogP contribution in [0.25, 0.3) is 0 Å². The van der Waals surface area contributed by atoms with Gasteiger partial charge in [0.2, 0.25) is 0 Å². The van der Waals surface area contributed by atoms with Crippen LogP contribution in [0.2, 0.25) is 0 Å². The number of nitrogens with two attached hydrogens (primary N) is 1. The maximum absolute atomic E-state index is 11.3. The van der Waals surface area contributed by atoms with Gasteiger partial charge in [-0.1, -0.05) is 0 Å². The van der Waals surface area contributed by atoms with Gasteiger partial charge in [0.05, 0.1) is 28.8 Å². The van der Waals surface area contributed by atoms with E-state index in [0.717, 1.165) is 0 Å². The molecule has 0 bridgehead atoms. The van der Waals surface area contributed by atoms with Gasteiger partial charge in [-0.2, -0.15) is 5.26 Å². The monoisotopic (exact) mass is 210 g/mol. The summed E-state index contributed by atoms with van der Waals surface area (Å²) >= 11 is 5.34. The number of aromatic hydroxyl groups is 1. The van der Waals surface area contributed by atoms with E-state index < -0.39 is 5.78 Å². The second kappa shape index (κ2) is 3.99. The Bertz CT molecular complexity index is 424. The van der Waals surface area contributed by atoms with E-state index in [4.69, 9.17) is 22.6 Å². The minimum Gasteiger partial charge on any atom is -0.506 e. The fourth-order valence-corrected chi connectivity index (χ4v) is 1.20. The molecule has 1 aromatic carbocycles. The molecule has 0 saturated carbocycles. The first-order chi connectivity index (χ1) is 6.61. The standard InChI is InChI=1S/C9H7ClN2O2/c10-3-7(14)8-5(4-11)1-2-6(13)9(8)12/h1-2,13H,3,12H2. The number of Topliss-reactive ketones (excluding diaryl/α,β-unsaturated/α-hetero) is 1. The molecule has 0 aliphatic heterocycles. The maximum atomic E-state index is 11.3. The van der Waals surface area contributed by atoms with Crippen molar-refractivity contribution < 1.29 is 9.90 Å². The molecule has 1 aromatic rings. The number of hydrogen-bond acceptors (Lipinski definition) is 4. The largest absolute Gasteiger partial charge is 0.506 e. The summed E-state index contributed by atoms with van der Waals surface area (Å²) in [6, 6.07) is 4.40. The van der Waals surface area contributed by atoms with Crippen molar-refractivity contribution >= 4 is 23.1 Å². The molecule has 5 heteroatoms. The molecule has 3 N–H and O–H groups in total. The minimum atomic E-state index is -0.475. The number of alkyl halides is 1. The number of rotatable bonds is 2. The van der Waals surface area contributed by atoms with Crippen LogP contribution in [0.1, 0.15) is 15.9 Å². The lowest BCUT2D eigenvalue weighted by molar-refractivity contribution is 0.102. The smallest absolute Gasteiger partial charge is 0.181 e. The summed E-state index contributed by atoms with van der Waals surface area (Å²) in [7, 11) is 0. The van der Waals surface area contributed by atoms with Gasteiger partial charge in [0.1, 0.15) is 5.75 Å². The second-order valence-corrected chi connectivity index (χ2v) is 2.86. The molecule has 0 heterocycles. The number of phenols is 1. The van der Waals surface area contributed by atoms with Crippen molar-refractivity contribution in [2.75, 3.05) is 11.6 Å². The van der Waals surface area contributed by atoms with E-state index in [-0.39, 0.29) is 28.4 Å². The number of anilines is 1. The van der Waals surface area contributed by atoms with Crippen LogP contribution in [0.4, 0.5) is 5.69 Å². The van der Waals surface area contributed by atoms with Crippen LogP contribution in [0.5, 0.6) is 5.75 Å². The number of halogens is 1. The van der Waals surface area contributed by atoms with Gasteiger partial charge < -0.3 is 10.8 Å². The van der Waals surface area contributed by atoms with E-state index in [9.17, 15) is 9.90 Å². The summed E-state index contributed by atoms with van der Waals surface area (Å²) in [5, 5.41) is 17.9. The molecule has 0 aliphatic carbocycles. The van der Waals surface area contributed by atoms with Gasteiger partial charge in [-0.3, -0.25) is 4.79 Å². The summed E-state index contributed by atoms with van der Waals surface area (Å²) in [6.07, 6.45) is 0. The lowest BCUT2D eigenvalue weighted by atomic mass is 10.0. The van der Waals surface area contributed by atoms with E-state index in [1.807, 2.05) is 6.07 Å². The molecule has 0 aromatic heterocycles. The van der Waals surface area contributed by atoms with Crippen molar-refractivity contribution in [1.29, 1.82) is 5.26 Å². The number of nitriles is 1. The Labute approximate surface area is 85.5 Å². The fourth-order valence-electron chi connectivity index (χ4n) is 1.07. The number of nitrogens with zero attached hydrogens (tertiary/aromatic N) is 1. The summed E-state index contributed by atoms with van der Waals surface area (Å²) < 4.78 is 0. The third-order valence-electron chi connectivity index (χ3n) is 1.74. The molecule has 4 nitrogen and oxygen atoms in total. The first kappa shape index (κ1) is 10.4. The van der Waals surface area contributed by atoms with E-state index in [1.54, 1.807) is 0 Å². The molecule has 72 valence electrons. The highest BCUT2D eigenvalue weighted by Crippen LogP contribution is 2.27. The lowest BCUT2D eigenvalue weighted by Crippen LogP contribution is -2.07. The van der Waals surface area contributed by atoms with Crippen LogP contribution in [-0.4, -0.2) is 16.8 Å². The summed E-state index contributed by atoms with van der Waals surface area (Å²) in [6.45, 7) is 0. The van der Waals surface area contributed by atoms with Gasteiger partial charge in [-0.05, 0) is 12.1 Å². The highest BCUT2D eigenvalue weighted by molar-refractivity contribution is 6.31. The number of benzene rings is 1. The average molecular weight is 211 g/mol. The highest BCUT2D eigenvalue weighted by atomic mass is 35.5. The number of phenolic OH excluding ortho intramolecular Hbond substituents is 1. The van der Waals surface area contributed by atoms with Crippen molar-refractivity contribution in [1.82, 2.24) is 0 Å². The SMILES string of the molecule is N#Cc1ccc(O)c(N)c1C(=O)CCl. The molecule has 0 spiro atoms. The quantitative estimate of drug-likeness (QED) is 0.333. The molecule has 0 fully saturated rings. The molecule has 1 rings (SSSR count). The molecule has 0 saturated heterocycles. The van der Waals surface area contributed by atoms with Crippen LogP contribution in [0, 0.1) is 11.3 Å². The lowest BCUT2D eigenvalue weighted by Gasteiger charge is -2.06. The number of hydrogen-bond donors (Lipinski definition) is 2. The first-order valence-corrected chi connectivity index (χ1v) is 4.26. The Hall–Kier alpha value is -1.73. The number of nitrogen functional groups attached to an aromatic ring is 1. The zero-order chi connectivity index (χ0) is 10.7. The van der Waals surface area contributed by atoms with Gasteiger partial charge in [-0.25, -0.2) is 0 Å². The molecule has 14 heavy (non-hydrogen) atoms. The molecular weight excluding hydrogens is 204 g/mol. The van der Waals surface area contributed by atoms with Crippen LogP contribution in [0.15, 0.2) is 12.1 Å².